The van der Waals surface area contributed by atoms with Crippen LogP contribution in [0.2, 0.25) is 0 Å². The smallest absolute Gasteiger partial charge is 0.260 e. The molecule has 27 heavy (non-hydrogen) atoms. The summed E-state index contributed by atoms with van der Waals surface area (Å²) in [5.74, 6) is 0.701. The minimum Gasteiger partial charge on any atom is -0.484 e. The third-order valence-corrected chi connectivity index (χ3v) is 7.01. The van der Waals surface area contributed by atoms with E-state index < -0.39 is 10.0 Å². The van der Waals surface area contributed by atoms with E-state index in [2.05, 4.69) is 21.1 Å². The van der Waals surface area contributed by atoms with Crippen LogP contribution >= 0.6 is 15.9 Å². The molecule has 8 nitrogen and oxygen atoms in total. The number of sulfonamides is 1. The molecule has 1 saturated heterocycles. The van der Waals surface area contributed by atoms with E-state index in [0.29, 0.717) is 24.5 Å². The summed E-state index contributed by atoms with van der Waals surface area (Å²) in [6.45, 7) is 4.15. The lowest BCUT2D eigenvalue weighted by Crippen LogP contribution is -2.51. The van der Waals surface area contributed by atoms with Crippen molar-refractivity contribution in [2.24, 2.45) is 0 Å². The largest absolute Gasteiger partial charge is 0.484 e. The van der Waals surface area contributed by atoms with Gasteiger partial charge in [-0.3, -0.25) is 4.79 Å². The van der Waals surface area contributed by atoms with Crippen molar-refractivity contribution < 1.29 is 22.5 Å². The van der Waals surface area contributed by atoms with Crippen LogP contribution in [0.15, 0.2) is 38.2 Å². The molecule has 1 aliphatic rings. The number of carbonyl (C=O) groups excluding carboxylic acids is 1. The van der Waals surface area contributed by atoms with Crippen LogP contribution in [0.25, 0.3) is 0 Å². The zero-order valence-corrected chi connectivity index (χ0v) is 17.4. The second-order valence-corrected chi connectivity index (χ2v) is 8.97. The standard InChI is InChI=1S/C17H20BrN3O5S/c1-12-17(13(2)26-19-12)27(23,24)21-9-7-20(8-10-21)16(22)11-25-15-5-3-14(18)4-6-15/h3-6H,7-11H2,1-2H3. The zero-order chi connectivity index (χ0) is 19.6. The Morgan fingerprint density at radius 3 is 2.37 bits per heavy atom. The Hall–Kier alpha value is -1.91. The van der Waals surface area contributed by atoms with Gasteiger partial charge in [-0.1, -0.05) is 21.1 Å². The van der Waals surface area contributed by atoms with Crippen molar-refractivity contribution in [3.8, 4) is 5.75 Å². The van der Waals surface area contributed by atoms with Crippen LogP contribution in [0.5, 0.6) is 5.75 Å². The Labute approximate surface area is 166 Å². The van der Waals surface area contributed by atoms with Gasteiger partial charge in [0.1, 0.15) is 16.3 Å². The molecule has 0 unspecified atom stereocenters. The average Bonchev–Trinajstić information content (AvgIpc) is 3.00. The van der Waals surface area contributed by atoms with Crippen molar-refractivity contribution in [1.29, 1.82) is 0 Å². The van der Waals surface area contributed by atoms with Crippen LogP contribution in [0.1, 0.15) is 11.5 Å². The van der Waals surface area contributed by atoms with Crippen LogP contribution < -0.4 is 4.74 Å². The van der Waals surface area contributed by atoms with Gasteiger partial charge in [-0.25, -0.2) is 8.42 Å². The van der Waals surface area contributed by atoms with Gasteiger partial charge in [0.15, 0.2) is 12.4 Å². The molecular formula is C17H20BrN3O5S. The predicted octanol–water partition coefficient (Wildman–Crippen LogP) is 1.97. The van der Waals surface area contributed by atoms with Crippen LogP contribution in [0.4, 0.5) is 0 Å². The zero-order valence-electron chi connectivity index (χ0n) is 15.0. The summed E-state index contributed by atoms with van der Waals surface area (Å²) in [5.41, 5.74) is 0.342. The van der Waals surface area contributed by atoms with Gasteiger partial charge in [0.05, 0.1) is 0 Å². The number of nitrogens with zero attached hydrogens (tertiary/aromatic N) is 3. The van der Waals surface area contributed by atoms with Gasteiger partial charge in [0.2, 0.25) is 10.0 Å². The molecule has 0 spiro atoms. The molecule has 1 aromatic carbocycles. The van der Waals surface area contributed by atoms with E-state index in [4.69, 9.17) is 9.26 Å². The lowest BCUT2D eigenvalue weighted by atomic mass is 10.3. The number of rotatable bonds is 5. The number of carbonyl (C=O) groups is 1. The molecule has 1 fully saturated rings. The maximum absolute atomic E-state index is 12.8. The molecule has 0 saturated carbocycles. The number of hydrogen-bond acceptors (Lipinski definition) is 6. The van der Waals surface area contributed by atoms with Gasteiger partial charge in [0.25, 0.3) is 5.91 Å². The van der Waals surface area contributed by atoms with Crippen LogP contribution in [0.3, 0.4) is 0 Å². The summed E-state index contributed by atoms with van der Waals surface area (Å²) in [4.78, 5) is 14.1. The third kappa shape index (κ3) is 4.33. The molecule has 2 aromatic rings. The van der Waals surface area contributed by atoms with Gasteiger partial charge in [0, 0.05) is 30.7 Å². The summed E-state index contributed by atoms with van der Waals surface area (Å²) in [6, 6.07) is 7.20. The highest BCUT2D eigenvalue weighted by Gasteiger charge is 2.34. The Morgan fingerprint density at radius 1 is 1.19 bits per heavy atom. The Bertz CT molecular complexity index is 899. The molecule has 2 heterocycles. The van der Waals surface area contributed by atoms with E-state index in [0.717, 1.165) is 4.47 Å². The minimum atomic E-state index is -3.69. The first-order valence-electron chi connectivity index (χ1n) is 8.38. The maximum atomic E-state index is 12.8. The Morgan fingerprint density at radius 2 is 1.81 bits per heavy atom. The van der Waals surface area contributed by atoms with Crippen molar-refractivity contribution >= 4 is 31.9 Å². The molecule has 1 aromatic heterocycles. The van der Waals surface area contributed by atoms with Crippen LogP contribution in [-0.2, 0) is 14.8 Å². The first-order valence-corrected chi connectivity index (χ1v) is 10.6. The highest BCUT2D eigenvalue weighted by atomic mass is 79.9. The number of aryl methyl sites for hydroxylation is 2. The molecule has 0 radical (unpaired) electrons. The number of amides is 1. The fraction of sp³-hybridized carbons (Fsp3) is 0.412. The first-order chi connectivity index (χ1) is 12.8. The van der Waals surface area contributed by atoms with Gasteiger partial charge in [-0.05, 0) is 38.1 Å². The number of ether oxygens (including phenoxy) is 1. The minimum absolute atomic E-state index is 0.0851. The lowest BCUT2D eigenvalue weighted by Gasteiger charge is -2.33. The van der Waals surface area contributed by atoms with Crippen molar-refractivity contribution in [2.75, 3.05) is 32.8 Å². The molecule has 0 aliphatic carbocycles. The third-order valence-electron chi connectivity index (χ3n) is 4.33. The molecule has 1 amide bonds. The molecule has 1 aliphatic heterocycles. The van der Waals surface area contributed by atoms with Gasteiger partial charge in [-0.2, -0.15) is 4.31 Å². The van der Waals surface area contributed by atoms with Crippen molar-refractivity contribution in [1.82, 2.24) is 14.4 Å². The monoisotopic (exact) mass is 457 g/mol. The maximum Gasteiger partial charge on any atom is 0.260 e. The average molecular weight is 458 g/mol. The second kappa shape index (κ2) is 7.99. The van der Waals surface area contributed by atoms with E-state index in [1.54, 1.807) is 30.9 Å². The van der Waals surface area contributed by atoms with E-state index in [-0.39, 0.29) is 36.3 Å². The molecular weight excluding hydrogens is 438 g/mol. The normalized spacial score (nSPS) is 15.7. The summed E-state index contributed by atoms with van der Waals surface area (Å²) < 4.78 is 38.4. The number of piperazine rings is 1. The topological polar surface area (TPSA) is 93.0 Å². The Balaban J connectivity index is 1.56. The molecule has 146 valence electrons. The lowest BCUT2D eigenvalue weighted by molar-refractivity contribution is -0.134. The van der Waals surface area contributed by atoms with E-state index in [1.807, 2.05) is 12.1 Å². The van der Waals surface area contributed by atoms with Gasteiger partial charge >= 0.3 is 0 Å². The summed E-state index contributed by atoms with van der Waals surface area (Å²) >= 11 is 3.34. The molecule has 0 bridgehead atoms. The first kappa shape index (κ1) is 19.8. The number of aromatic nitrogens is 1. The van der Waals surface area contributed by atoms with E-state index >= 15 is 0 Å². The SMILES string of the molecule is Cc1noc(C)c1S(=O)(=O)N1CCN(C(=O)COc2ccc(Br)cc2)CC1. The summed E-state index contributed by atoms with van der Waals surface area (Å²) in [5, 5.41) is 3.71. The highest BCUT2D eigenvalue weighted by molar-refractivity contribution is 9.10. The van der Waals surface area contributed by atoms with Crippen LogP contribution in [0, 0.1) is 13.8 Å². The number of halogens is 1. The van der Waals surface area contributed by atoms with Crippen molar-refractivity contribution in [3.63, 3.8) is 0 Å². The highest BCUT2D eigenvalue weighted by Crippen LogP contribution is 2.24. The van der Waals surface area contributed by atoms with Crippen molar-refractivity contribution in [3.05, 3.63) is 40.2 Å². The van der Waals surface area contributed by atoms with E-state index in [1.165, 1.54) is 4.31 Å². The van der Waals surface area contributed by atoms with Gasteiger partial charge in [-0.15, -0.1) is 0 Å². The molecule has 3 rings (SSSR count). The number of hydrogen-bond donors (Lipinski definition) is 0. The molecule has 0 atom stereocenters. The Kier molecular flexibility index (Phi) is 5.87. The fourth-order valence-electron chi connectivity index (χ4n) is 2.92. The van der Waals surface area contributed by atoms with Crippen LogP contribution in [-0.4, -0.2) is 61.5 Å². The van der Waals surface area contributed by atoms with Gasteiger partial charge < -0.3 is 14.2 Å². The number of benzene rings is 1. The van der Waals surface area contributed by atoms with Crippen molar-refractivity contribution in [2.45, 2.75) is 18.7 Å². The fourth-order valence-corrected chi connectivity index (χ4v) is 4.89. The predicted molar refractivity (Wildman–Crippen MR) is 101 cm³/mol. The quantitative estimate of drug-likeness (QED) is 0.681. The summed E-state index contributed by atoms with van der Waals surface area (Å²) in [7, 11) is -3.69. The molecule has 0 N–H and O–H groups in total. The molecule has 10 heteroatoms. The second-order valence-electron chi connectivity index (χ2n) is 6.18. The van der Waals surface area contributed by atoms with E-state index in [9.17, 15) is 13.2 Å². The summed E-state index contributed by atoms with van der Waals surface area (Å²) in [6.07, 6.45) is 0.